The van der Waals surface area contributed by atoms with Crippen LogP contribution >= 0.6 is 23.2 Å². The molecule has 30 heavy (non-hydrogen) atoms. The molecule has 0 saturated heterocycles. The number of carbonyl (C=O) groups excluding carboxylic acids is 1. The van der Waals surface area contributed by atoms with E-state index in [1.807, 2.05) is 6.07 Å². The SMILES string of the molecule is CN(C(=O)CC#N)C(c1ccc(NC2Cc3ccc(Cl)c(Cl)c3C2)cn1)C(F)(F)F. The minimum Gasteiger partial charge on any atom is -0.380 e. The Morgan fingerprint density at radius 1 is 1.33 bits per heavy atom. The minimum absolute atomic E-state index is 0.00177. The Labute approximate surface area is 181 Å². The van der Waals surface area contributed by atoms with Crippen LogP contribution in [0.3, 0.4) is 0 Å². The predicted molar refractivity (Wildman–Crippen MR) is 107 cm³/mol. The zero-order valence-electron chi connectivity index (χ0n) is 15.8. The van der Waals surface area contributed by atoms with Gasteiger partial charge in [0.15, 0.2) is 6.04 Å². The Kier molecular flexibility index (Phi) is 6.44. The second-order valence-corrected chi connectivity index (χ2v) is 7.79. The van der Waals surface area contributed by atoms with Crippen LogP contribution in [0.2, 0.25) is 10.0 Å². The van der Waals surface area contributed by atoms with Crippen molar-refractivity contribution in [1.82, 2.24) is 9.88 Å². The van der Waals surface area contributed by atoms with Crippen LogP contribution in [0.15, 0.2) is 30.5 Å². The Bertz CT molecular complexity index is 989. The molecule has 158 valence electrons. The topological polar surface area (TPSA) is 69.0 Å². The van der Waals surface area contributed by atoms with Crippen molar-refractivity contribution in [1.29, 1.82) is 5.26 Å². The first kappa shape index (κ1) is 22.2. The largest absolute Gasteiger partial charge is 0.414 e. The van der Waals surface area contributed by atoms with Crippen molar-refractivity contribution in [3.63, 3.8) is 0 Å². The van der Waals surface area contributed by atoms with E-state index >= 15 is 0 Å². The molecule has 1 amide bonds. The summed E-state index contributed by atoms with van der Waals surface area (Å²) < 4.78 is 40.7. The van der Waals surface area contributed by atoms with Crippen molar-refractivity contribution in [2.24, 2.45) is 0 Å². The number of alkyl halides is 3. The average Bonchev–Trinajstić information content (AvgIpc) is 3.09. The van der Waals surface area contributed by atoms with Gasteiger partial charge in [-0.25, -0.2) is 0 Å². The molecule has 1 aromatic carbocycles. The summed E-state index contributed by atoms with van der Waals surface area (Å²) in [6.45, 7) is 0. The van der Waals surface area contributed by atoms with E-state index in [0.717, 1.165) is 18.2 Å². The Balaban J connectivity index is 1.75. The quantitative estimate of drug-likeness (QED) is 0.691. The van der Waals surface area contributed by atoms with Gasteiger partial charge in [-0.2, -0.15) is 18.4 Å². The van der Waals surface area contributed by atoms with Gasteiger partial charge in [0.25, 0.3) is 0 Å². The maximum Gasteiger partial charge on any atom is 0.414 e. The number of hydrogen-bond acceptors (Lipinski definition) is 4. The Morgan fingerprint density at radius 2 is 2.07 bits per heavy atom. The summed E-state index contributed by atoms with van der Waals surface area (Å²) >= 11 is 12.3. The standard InChI is InChI=1S/C20H17Cl2F3N4O/c1-29(17(30)6-7-26)19(20(23,24)25)16-5-3-12(10-27-16)28-13-8-11-2-4-15(21)18(22)14(11)9-13/h2-5,10,13,19,28H,6,8-9H2,1H3. The molecule has 5 nitrogen and oxygen atoms in total. The van der Waals surface area contributed by atoms with Crippen molar-refractivity contribution >= 4 is 34.8 Å². The third-order valence-corrected chi connectivity index (χ3v) is 5.81. The highest BCUT2D eigenvalue weighted by Crippen LogP contribution is 2.37. The van der Waals surface area contributed by atoms with E-state index in [-0.39, 0.29) is 11.7 Å². The fourth-order valence-electron chi connectivity index (χ4n) is 3.54. The second kappa shape index (κ2) is 8.70. The molecule has 1 heterocycles. The van der Waals surface area contributed by atoms with Crippen molar-refractivity contribution in [2.45, 2.75) is 37.5 Å². The van der Waals surface area contributed by atoms with Crippen molar-refractivity contribution in [3.8, 4) is 6.07 Å². The molecule has 1 N–H and O–H groups in total. The Hall–Kier alpha value is -2.50. The van der Waals surface area contributed by atoms with E-state index in [1.54, 1.807) is 12.1 Å². The number of nitrogens with one attached hydrogen (secondary N) is 1. The van der Waals surface area contributed by atoms with E-state index in [0.29, 0.717) is 33.5 Å². The fourth-order valence-corrected chi connectivity index (χ4v) is 3.98. The van der Waals surface area contributed by atoms with Crippen LogP contribution < -0.4 is 5.32 Å². The first-order chi connectivity index (χ1) is 14.1. The van der Waals surface area contributed by atoms with Crippen molar-refractivity contribution < 1.29 is 18.0 Å². The highest BCUT2D eigenvalue weighted by atomic mass is 35.5. The molecular weight excluding hydrogens is 440 g/mol. The van der Waals surface area contributed by atoms with Gasteiger partial charge in [0, 0.05) is 13.1 Å². The second-order valence-electron chi connectivity index (χ2n) is 7.00. The van der Waals surface area contributed by atoms with Gasteiger partial charge < -0.3 is 10.2 Å². The minimum atomic E-state index is -4.73. The normalized spacial score (nSPS) is 16.5. The van der Waals surface area contributed by atoms with Gasteiger partial charge in [0.1, 0.15) is 6.42 Å². The maximum atomic E-state index is 13.6. The highest BCUT2D eigenvalue weighted by molar-refractivity contribution is 6.42. The summed E-state index contributed by atoms with van der Waals surface area (Å²) in [5.41, 5.74) is 2.25. The van der Waals surface area contributed by atoms with Gasteiger partial charge >= 0.3 is 6.18 Å². The molecule has 0 aliphatic heterocycles. The average molecular weight is 457 g/mol. The third-order valence-electron chi connectivity index (χ3n) is 4.97. The summed E-state index contributed by atoms with van der Waals surface area (Å²) in [6, 6.07) is 5.70. The lowest BCUT2D eigenvalue weighted by molar-refractivity contribution is -0.189. The number of rotatable bonds is 5. The van der Waals surface area contributed by atoms with E-state index in [2.05, 4.69) is 10.3 Å². The molecule has 2 aromatic rings. The highest BCUT2D eigenvalue weighted by Gasteiger charge is 2.46. The number of hydrogen-bond donors (Lipinski definition) is 1. The molecule has 0 radical (unpaired) electrons. The van der Waals surface area contributed by atoms with Gasteiger partial charge in [0.2, 0.25) is 5.91 Å². The molecule has 3 rings (SSSR count). The van der Waals surface area contributed by atoms with E-state index < -0.39 is 24.5 Å². The number of amides is 1. The Morgan fingerprint density at radius 3 is 2.67 bits per heavy atom. The number of halogens is 5. The summed E-state index contributed by atoms with van der Waals surface area (Å²) in [6.07, 6.45) is -2.74. The molecule has 0 bridgehead atoms. The van der Waals surface area contributed by atoms with Crippen LogP contribution in [0, 0.1) is 11.3 Å². The van der Waals surface area contributed by atoms with E-state index in [9.17, 15) is 18.0 Å². The zero-order valence-corrected chi connectivity index (χ0v) is 17.3. The summed E-state index contributed by atoms with van der Waals surface area (Å²) in [4.78, 5) is 16.2. The van der Waals surface area contributed by atoms with Crippen LogP contribution in [0.5, 0.6) is 0 Å². The summed E-state index contributed by atoms with van der Waals surface area (Å²) in [5, 5.41) is 12.8. The summed E-state index contributed by atoms with van der Waals surface area (Å²) in [5.74, 6) is -0.928. The first-order valence-electron chi connectivity index (χ1n) is 8.99. The van der Waals surface area contributed by atoms with Crippen LogP contribution in [0.25, 0.3) is 0 Å². The van der Waals surface area contributed by atoms with Crippen LogP contribution in [-0.4, -0.2) is 35.1 Å². The van der Waals surface area contributed by atoms with E-state index in [4.69, 9.17) is 28.5 Å². The number of nitrogens with zero attached hydrogens (tertiary/aromatic N) is 3. The number of pyridine rings is 1. The lowest BCUT2D eigenvalue weighted by Gasteiger charge is -2.29. The van der Waals surface area contributed by atoms with Crippen LogP contribution in [0.4, 0.5) is 18.9 Å². The van der Waals surface area contributed by atoms with Gasteiger partial charge in [-0.3, -0.25) is 9.78 Å². The third kappa shape index (κ3) is 4.63. The smallest absolute Gasteiger partial charge is 0.380 e. The van der Waals surface area contributed by atoms with Gasteiger partial charge in [0.05, 0.1) is 33.7 Å². The number of carbonyl (C=O) groups is 1. The molecule has 10 heteroatoms. The van der Waals surface area contributed by atoms with Gasteiger partial charge in [-0.1, -0.05) is 29.3 Å². The molecule has 0 fully saturated rings. The zero-order chi connectivity index (χ0) is 22.1. The number of aromatic nitrogens is 1. The lowest BCUT2D eigenvalue weighted by atomic mass is 10.1. The molecule has 1 aliphatic carbocycles. The number of benzene rings is 1. The lowest BCUT2D eigenvalue weighted by Crippen LogP contribution is -2.40. The van der Waals surface area contributed by atoms with Gasteiger partial charge in [-0.15, -0.1) is 0 Å². The first-order valence-corrected chi connectivity index (χ1v) is 9.75. The summed E-state index contributed by atoms with van der Waals surface area (Å²) in [7, 11) is 1.01. The number of anilines is 1. The molecule has 2 atom stereocenters. The molecule has 0 spiro atoms. The fraction of sp³-hybridized carbons (Fsp3) is 0.350. The molecule has 2 unspecified atom stereocenters. The van der Waals surface area contributed by atoms with Crippen molar-refractivity contribution in [2.75, 3.05) is 12.4 Å². The van der Waals surface area contributed by atoms with E-state index in [1.165, 1.54) is 18.3 Å². The van der Waals surface area contributed by atoms with Crippen LogP contribution in [0.1, 0.15) is 29.3 Å². The number of nitriles is 1. The number of fused-ring (bicyclic) bond motifs is 1. The monoisotopic (exact) mass is 456 g/mol. The predicted octanol–water partition coefficient (Wildman–Crippen LogP) is 4.94. The van der Waals surface area contributed by atoms with Crippen molar-refractivity contribution in [3.05, 3.63) is 57.3 Å². The van der Waals surface area contributed by atoms with Gasteiger partial charge in [-0.05, 0) is 42.2 Å². The molecule has 1 aliphatic rings. The van der Waals surface area contributed by atoms with Crippen LogP contribution in [-0.2, 0) is 17.6 Å². The maximum absolute atomic E-state index is 13.6. The molecule has 1 aromatic heterocycles. The molecule has 0 saturated carbocycles. The molecular formula is C20H17Cl2F3N4O.